The molecule has 142 valence electrons. The van der Waals surface area contributed by atoms with Gasteiger partial charge in [-0.15, -0.1) is 5.10 Å². The number of nitriles is 1. The molecular formula is C20H19N5O3. The molecule has 0 aliphatic rings. The molecule has 1 aromatic heterocycles. The molecule has 1 amide bonds. The number of methoxy groups -OCH3 is 2. The predicted molar refractivity (Wildman–Crippen MR) is 101 cm³/mol. The van der Waals surface area contributed by atoms with E-state index >= 15 is 0 Å². The van der Waals surface area contributed by atoms with Gasteiger partial charge in [-0.2, -0.15) is 5.26 Å². The highest BCUT2D eigenvalue weighted by molar-refractivity contribution is 5.76. The highest BCUT2D eigenvalue weighted by Crippen LogP contribution is 2.26. The number of nitrogens with zero attached hydrogens (tertiary/aromatic N) is 4. The minimum absolute atomic E-state index is 0.0228. The maximum absolute atomic E-state index is 12.6. The second kappa shape index (κ2) is 8.68. The van der Waals surface area contributed by atoms with Gasteiger partial charge in [0.2, 0.25) is 5.91 Å². The number of rotatable bonds is 7. The largest absolute Gasteiger partial charge is 0.497 e. The predicted octanol–water partition coefficient (Wildman–Crippen LogP) is 2.07. The van der Waals surface area contributed by atoms with Crippen LogP contribution in [0.2, 0.25) is 0 Å². The van der Waals surface area contributed by atoms with Crippen molar-refractivity contribution in [2.45, 2.75) is 12.6 Å². The van der Waals surface area contributed by atoms with Gasteiger partial charge in [-0.3, -0.25) is 4.79 Å². The first-order chi connectivity index (χ1) is 13.6. The molecule has 0 atom stereocenters. The number of aromatic nitrogens is 3. The smallest absolute Gasteiger partial charge is 0.252 e. The summed E-state index contributed by atoms with van der Waals surface area (Å²) in [4.78, 5) is 16.4. The quantitative estimate of drug-likeness (QED) is 0.676. The monoisotopic (exact) mass is 377 g/mol. The fourth-order valence-electron chi connectivity index (χ4n) is 2.73. The number of hydrogen-bond acceptors (Lipinski definition) is 6. The Bertz CT molecular complexity index is 927. The summed E-state index contributed by atoms with van der Waals surface area (Å²) < 4.78 is 11.7. The molecule has 0 spiro atoms. The summed E-state index contributed by atoms with van der Waals surface area (Å²) in [7, 11) is 3.21. The van der Waals surface area contributed by atoms with Crippen molar-refractivity contribution in [3.05, 3.63) is 71.8 Å². The summed E-state index contributed by atoms with van der Waals surface area (Å²) in [5, 5.41) is 15.7. The molecule has 3 aromatic rings. The van der Waals surface area contributed by atoms with Gasteiger partial charge in [0.1, 0.15) is 30.4 Å². The van der Waals surface area contributed by atoms with E-state index in [0.29, 0.717) is 0 Å². The zero-order valence-electron chi connectivity index (χ0n) is 15.5. The number of carbonyl (C=O) groups excluding carboxylic acids is 1. The van der Waals surface area contributed by atoms with E-state index < -0.39 is 0 Å². The third kappa shape index (κ3) is 4.45. The number of nitrogens with one attached hydrogen (secondary N) is 1. The SMILES string of the molecule is COc1ccc(C(NC(=O)Cn2cnc(C#N)n2)c2ccc(OC)cc2)cc1. The zero-order chi connectivity index (χ0) is 19.9. The minimum Gasteiger partial charge on any atom is -0.497 e. The normalized spacial score (nSPS) is 10.4. The Kier molecular flexibility index (Phi) is 5.87. The summed E-state index contributed by atoms with van der Waals surface area (Å²) in [5.41, 5.74) is 1.80. The van der Waals surface area contributed by atoms with Gasteiger partial charge in [-0.1, -0.05) is 24.3 Å². The van der Waals surface area contributed by atoms with E-state index in [9.17, 15) is 4.79 Å². The summed E-state index contributed by atoms with van der Waals surface area (Å²) in [5.74, 6) is 1.23. The Morgan fingerprint density at radius 3 is 2.04 bits per heavy atom. The number of ether oxygens (including phenoxy) is 2. The van der Waals surface area contributed by atoms with Crippen LogP contribution in [0.25, 0.3) is 0 Å². The van der Waals surface area contributed by atoms with Crippen molar-refractivity contribution in [2.24, 2.45) is 0 Å². The van der Waals surface area contributed by atoms with E-state index in [-0.39, 0.29) is 24.3 Å². The van der Waals surface area contributed by atoms with Gasteiger partial charge in [0.15, 0.2) is 0 Å². The van der Waals surface area contributed by atoms with Crippen molar-refractivity contribution in [1.82, 2.24) is 20.1 Å². The van der Waals surface area contributed by atoms with E-state index in [4.69, 9.17) is 14.7 Å². The van der Waals surface area contributed by atoms with Gasteiger partial charge in [0, 0.05) is 0 Å². The van der Waals surface area contributed by atoms with E-state index in [2.05, 4.69) is 15.4 Å². The fourth-order valence-corrected chi connectivity index (χ4v) is 2.73. The molecule has 3 rings (SSSR count). The first kappa shape index (κ1) is 18.9. The van der Waals surface area contributed by atoms with Crippen molar-refractivity contribution in [1.29, 1.82) is 5.26 Å². The maximum atomic E-state index is 12.6. The molecule has 8 heteroatoms. The van der Waals surface area contributed by atoms with Crippen LogP contribution in [0.15, 0.2) is 54.9 Å². The molecule has 0 unspecified atom stereocenters. The second-order valence-electron chi connectivity index (χ2n) is 5.92. The van der Waals surface area contributed by atoms with Crippen LogP contribution >= 0.6 is 0 Å². The highest BCUT2D eigenvalue weighted by Gasteiger charge is 2.18. The maximum Gasteiger partial charge on any atom is 0.252 e. The summed E-state index contributed by atoms with van der Waals surface area (Å²) >= 11 is 0. The lowest BCUT2D eigenvalue weighted by molar-refractivity contribution is -0.122. The van der Waals surface area contributed by atoms with Crippen LogP contribution in [0.5, 0.6) is 11.5 Å². The van der Waals surface area contributed by atoms with E-state index in [1.165, 1.54) is 11.0 Å². The van der Waals surface area contributed by atoms with Gasteiger partial charge < -0.3 is 14.8 Å². The average molecular weight is 377 g/mol. The Labute approximate surface area is 162 Å². The van der Waals surface area contributed by atoms with E-state index in [1.54, 1.807) is 14.2 Å². The number of carbonyl (C=O) groups is 1. The molecule has 1 heterocycles. The van der Waals surface area contributed by atoms with Crippen LogP contribution in [0.3, 0.4) is 0 Å². The molecule has 0 saturated heterocycles. The molecule has 0 saturated carbocycles. The van der Waals surface area contributed by atoms with Crippen LogP contribution in [0.1, 0.15) is 23.0 Å². The van der Waals surface area contributed by atoms with Crippen molar-refractivity contribution >= 4 is 5.91 Å². The summed E-state index contributed by atoms with van der Waals surface area (Å²) in [6.45, 7) is -0.0442. The van der Waals surface area contributed by atoms with Crippen molar-refractivity contribution in [2.75, 3.05) is 14.2 Å². The molecule has 0 aliphatic carbocycles. The first-order valence-corrected chi connectivity index (χ1v) is 8.49. The molecule has 0 fully saturated rings. The van der Waals surface area contributed by atoms with Crippen LogP contribution in [0, 0.1) is 11.3 Å². The summed E-state index contributed by atoms with van der Waals surface area (Å²) in [6, 6.07) is 16.4. The molecule has 1 N–H and O–H groups in total. The van der Waals surface area contributed by atoms with Crippen LogP contribution in [0.4, 0.5) is 0 Å². The van der Waals surface area contributed by atoms with Crippen LogP contribution in [-0.2, 0) is 11.3 Å². The number of hydrogen-bond donors (Lipinski definition) is 1. The Hall–Kier alpha value is -3.86. The molecule has 0 radical (unpaired) electrons. The van der Waals surface area contributed by atoms with Gasteiger partial charge in [-0.05, 0) is 35.4 Å². The van der Waals surface area contributed by atoms with Gasteiger partial charge in [-0.25, -0.2) is 9.67 Å². The van der Waals surface area contributed by atoms with E-state index in [0.717, 1.165) is 22.6 Å². The van der Waals surface area contributed by atoms with Crippen molar-refractivity contribution in [3.63, 3.8) is 0 Å². The van der Waals surface area contributed by atoms with Crippen LogP contribution < -0.4 is 14.8 Å². The van der Waals surface area contributed by atoms with Crippen molar-refractivity contribution in [3.8, 4) is 17.6 Å². The summed E-state index contributed by atoms with van der Waals surface area (Å²) in [6.07, 6.45) is 1.36. The molecular weight excluding hydrogens is 358 g/mol. The lowest BCUT2D eigenvalue weighted by Crippen LogP contribution is -2.32. The minimum atomic E-state index is -0.372. The topological polar surface area (TPSA) is 102 Å². The fraction of sp³-hybridized carbons (Fsp3) is 0.200. The van der Waals surface area contributed by atoms with Gasteiger partial charge >= 0.3 is 0 Å². The van der Waals surface area contributed by atoms with Crippen molar-refractivity contribution < 1.29 is 14.3 Å². The molecule has 2 aromatic carbocycles. The first-order valence-electron chi connectivity index (χ1n) is 8.49. The van der Waals surface area contributed by atoms with Gasteiger partial charge in [0.05, 0.1) is 20.3 Å². The molecule has 28 heavy (non-hydrogen) atoms. The number of benzene rings is 2. The Morgan fingerprint density at radius 2 is 1.61 bits per heavy atom. The molecule has 0 bridgehead atoms. The molecule has 8 nitrogen and oxygen atoms in total. The lowest BCUT2D eigenvalue weighted by Gasteiger charge is -2.20. The Morgan fingerprint density at radius 1 is 1.07 bits per heavy atom. The average Bonchev–Trinajstić information content (AvgIpc) is 3.19. The lowest BCUT2D eigenvalue weighted by atomic mass is 9.98. The third-order valence-electron chi connectivity index (χ3n) is 4.15. The third-order valence-corrected chi connectivity index (χ3v) is 4.15. The highest BCUT2D eigenvalue weighted by atomic mass is 16.5. The molecule has 0 aliphatic heterocycles. The zero-order valence-corrected chi connectivity index (χ0v) is 15.5. The second-order valence-corrected chi connectivity index (χ2v) is 5.92. The van der Waals surface area contributed by atoms with Gasteiger partial charge in [0.25, 0.3) is 5.82 Å². The number of amides is 1. The Balaban J connectivity index is 1.83. The van der Waals surface area contributed by atoms with E-state index in [1.807, 2.05) is 54.6 Å². The van der Waals surface area contributed by atoms with Crippen LogP contribution in [-0.4, -0.2) is 34.9 Å². The standard InChI is InChI=1S/C20H19N5O3/c1-27-16-7-3-14(4-8-16)20(15-5-9-17(28-2)10-6-15)23-19(26)12-25-13-22-18(11-21)24-25/h3-10,13,20H,12H2,1-2H3,(H,23,26).